The summed E-state index contributed by atoms with van der Waals surface area (Å²) in [5, 5.41) is 11.0. The zero-order chi connectivity index (χ0) is 27.6. The van der Waals surface area contributed by atoms with E-state index >= 15 is 0 Å². The molecule has 2 aliphatic rings. The molecule has 1 amide bonds. The molecule has 3 aromatic rings. The Labute approximate surface area is 214 Å². The van der Waals surface area contributed by atoms with Crippen molar-refractivity contribution in [2.45, 2.75) is 50.2 Å². The lowest BCUT2D eigenvalue weighted by Crippen LogP contribution is -2.42. The Balaban J connectivity index is 1.58. The molecule has 3 atom stereocenters. The number of hydrogen-bond donors (Lipinski definition) is 2. The Hall–Kier alpha value is -3.55. The second kappa shape index (κ2) is 8.75. The molecule has 2 fully saturated rings. The first kappa shape index (κ1) is 26.1. The summed E-state index contributed by atoms with van der Waals surface area (Å²) < 4.78 is 56.4. The van der Waals surface area contributed by atoms with Crippen LogP contribution in [0.5, 0.6) is 5.75 Å². The van der Waals surface area contributed by atoms with Crippen LogP contribution in [0.2, 0.25) is 0 Å². The Morgan fingerprint density at radius 1 is 1.29 bits per heavy atom. The van der Waals surface area contributed by atoms with Gasteiger partial charge in [0.25, 0.3) is 5.91 Å². The number of carbonyl (C=O) groups is 2. The number of rotatable bonds is 6. The van der Waals surface area contributed by atoms with Crippen LogP contribution in [0, 0.1) is 0 Å². The Morgan fingerprint density at radius 2 is 2.03 bits per heavy atom. The number of alkyl halides is 3. The van der Waals surface area contributed by atoms with Crippen LogP contribution in [0.1, 0.15) is 42.2 Å². The van der Waals surface area contributed by atoms with Gasteiger partial charge in [0.2, 0.25) is 5.89 Å². The van der Waals surface area contributed by atoms with Crippen LogP contribution >= 0.6 is 0 Å². The van der Waals surface area contributed by atoms with Gasteiger partial charge in [-0.2, -0.15) is 13.2 Å². The van der Waals surface area contributed by atoms with E-state index in [2.05, 4.69) is 9.97 Å². The van der Waals surface area contributed by atoms with E-state index in [-0.39, 0.29) is 71.5 Å². The van der Waals surface area contributed by atoms with Crippen LogP contribution in [-0.2, 0) is 22.3 Å². The number of likely N-dealkylation sites (tertiary alicyclic amines) is 1. The number of nitrogens with two attached hydrogens (primary N) is 1. The number of hydrogen-bond acceptors (Lipinski definition) is 9. The molecule has 1 unspecified atom stereocenters. The summed E-state index contributed by atoms with van der Waals surface area (Å²) in [5.74, 6) is -0.949. The molecular weight excluding hydrogens is 509 g/mol. The van der Waals surface area contributed by atoms with E-state index in [4.69, 9.17) is 19.6 Å². The van der Waals surface area contributed by atoms with Crippen molar-refractivity contribution in [2.24, 2.45) is 5.73 Å². The summed E-state index contributed by atoms with van der Waals surface area (Å²) in [6, 6.07) is 4.99. The van der Waals surface area contributed by atoms with E-state index in [0.29, 0.717) is 0 Å². The number of fused-ring (bicyclic) bond motifs is 1. The smallest absolute Gasteiger partial charge is 0.433 e. The van der Waals surface area contributed by atoms with E-state index in [0.717, 1.165) is 6.07 Å². The number of nitrogens with zero attached hydrogens (tertiary/aromatic N) is 3. The van der Waals surface area contributed by atoms with Crippen LogP contribution in [0.25, 0.3) is 22.4 Å². The monoisotopic (exact) mass is 534 g/mol. The predicted molar refractivity (Wildman–Crippen MR) is 126 cm³/mol. The fourth-order valence-electron chi connectivity index (χ4n) is 5.21. The molecule has 1 aliphatic heterocycles. The lowest BCUT2D eigenvalue weighted by molar-refractivity contribution is -0.141. The SMILES string of the molecule is CCO[C@H]1C(=O)[C@@]12CC(C)(O)CN2C(=O)c1nc(-c2ccc(OC)c3nc(C(F)(F)F)ccc23)oc1CN. The molecule has 38 heavy (non-hydrogen) atoms. The molecule has 10 nitrogen and oxygen atoms in total. The Morgan fingerprint density at radius 3 is 2.66 bits per heavy atom. The molecule has 3 heterocycles. The second-order valence-electron chi connectivity index (χ2n) is 9.59. The van der Waals surface area contributed by atoms with Crippen molar-refractivity contribution in [1.82, 2.24) is 14.9 Å². The molecule has 13 heteroatoms. The summed E-state index contributed by atoms with van der Waals surface area (Å²) in [4.78, 5) is 35.8. The normalized spacial score (nSPS) is 25.0. The van der Waals surface area contributed by atoms with Gasteiger partial charge in [0.1, 0.15) is 28.6 Å². The van der Waals surface area contributed by atoms with Gasteiger partial charge in [0, 0.05) is 24.0 Å². The van der Waals surface area contributed by atoms with Crippen molar-refractivity contribution in [3.63, 3.8) is 0 Å². The summed E-state index contributed by atoms with van der Waals surface area (Å²) in [7, 11) is 1.31. The fraction of sp³-hybridized carbons (Fsp3) is 0.440. The van der Waals surface area contributed by atoms with Gasteiger partial charge >= 0.3 is 6.18 Å². The first-order valence-electron chi connectivity index (χ1n) is 11.8. The molecule has 1 spiro atoms. The van der Waals surface area contributed by atoms with Gasteiger partial charge in [-0.25, -0.2) is 9.97 Å². The number of ether oxygens (including phenoxy) is 2. The maximum absolute atomic E-state index is 13.7. The number of Topliss-reactive ketones (excluding diaryl/α,β-unsaturated/α-hetero) is 1. The number of pyridine rings is 1. The quantitative estimate of drug-likeness (QED) is 0.488. The minimum Gasteiger partial charge on any atom is -0.494 e. The first-order valence-corrected chi connectivity index (χ1v) is 11.8. The van der Waals surface area contributed by atoms with E-state index in [9.17, 15) is 27.9 Å². The topological polar surface area (TPSA) is 141 Å². The predicted octanol–water partition coefficient (Wildman–Crippen LogP) is 2.70. The highest BCUT2D eigenvalue weighted by atomic mass is 19.4. The molecule has 1 saturated heterocycles. The number of halogens is 3. The number of aliphatic hydroxyl groups is 1. The van der Waals surface area contributed by atoms with Crippen molar-refractivity contribution in [1.29, 1.82) is 0 Å². The lowest BCUT2D eigenvalue weighted by Gasteiger charge is -2.22. The summed E-state index contributed by atoms with van der Waals surface area (Å²) in [5.41, 5.74) is 2.11. The van der Waals surface area contributed by atoms with Gasteiger partial charge in [-0.1, -0.05) is 0 Å². The van der Waals surface area contributed by atoms with Crippen LogP contribution in [0.4, 0.5) is 13.2 Å². The second-order valence-corrected chi connectivity index (χ2v) is 9.59. The van der Waals surface area contributed by atoms with Gasteiger partial charge < -0.3 is 29.6 Å². The number of ketones is 1. The number of benzene rings is 1. The standard InChI is InChI=1S/C25H25F3N4O6/c1-4-37-20-19(33)24(20)10-23(2,35)11-32(24)22(34)18-15(9-29)38-21(31-18)13-5-7-14(36-3)17-12(13)6-8-16(30-17)25(26,27)28/h5-8,20,35H,4,9-11,29H2,1-3H3/t20-,23?,24-/m0/s1. The van der Waals surface area contributed by atoms with E-state index in [1.807, 2.05) is 0 Å². The molecule has 202 valence electrons. The average molecular weight is 534 g/mol. The minimum absolute atomic E-state index is 0.00817. The highest BCUT2D eigenvalue weighted by molar-refractivity contribution is 6.15. The third-order valence-corrected chi connectivity index (χ3v) is 6.87. The van der Waals surface area contributed by atoms with Crippen molar-refractivity contribution >= 4 is 22.6 Å². The maximum Gasteiger partial charge on any atom is 0.433 e. The van der Waals surface area contributed by atoms with Gasteiger partial charge in [0.05, 0.1) is 25.8 Å². The van der Waals surface area contributed by atoms with Crippen molar-refractivity contribution in [3.05, 3.63) is 41.4 Å². The largest absolute Gasteiger partial charge is 0.494 e. The maximum atomic E-state index is 13.7. The fourth-order valence-corrected chi connectivity index (χ4v) is 5.21. The molecule has 0 bridgehead atoms. The van der Waals surface area contributed by atoms with Crippen LogP contribution < -0.4 is 10.5 Å². The number of β-amino-alcohol motifs (C(OH)–C–C–N with tert-alkyl or cyclic N) is 1. The van der Waals surface area contributed by atoms with Gasteiger partial charge in [-0.15, -0.1) is 0 Å². The third kappa shape index (κ3) is 3.92. The van der Waals surface area contributed by atoms with E-state index < -0.39 is 35.0 Å². The molecule has 5 rings (SSSR count). The zero-order valence-electron chi connectivity index (χ0n) is 20.8. The van der Waals surface area contributed by atoms with Crippen molar-refractivity contribution < 1.29 is 41.8 Å². The molecule has 2 aromatic heterocycles. The van der Waals surface area contributed by atoms with Gasteiger partial charge in [0.15, 0.2) is 17.2 Å². The molecule has 1 aromatic carbocycles. The third-order valence-electron chi connectivity index (χ3n) is 6.87. The minimum atomic E-state index is -4.67. The number of methoxy groups -OCH3 is 1. The molecular formula is C25H25F3N4O6. The van der Waals surface area contributed by atoms with Crippen molar-refractivity contribution in [3.8, 4) is 17.2 Å². The number of amides is 1. The summed E-state index contributed by atoms with van der Waals surface area (Å²) >= 11 is 0. The molecule has 0 radical (unpaired) electrons. The Kier molecular flexibility index (Phi) is 6.00. The number of carbonyl (C=O) groups excluding carboxylic acids is 2. The van der Waals surface area contributed by atoms with E-state index in [1.54, 1.807) is 6.92 Å². The Bertz CT molecular complexity index is 1450. The summed E-state index contributed by atoms with van der Waals surface area (Å²) in [6.45, 7) is 3.14. The van der Waals surface area contributed by atoms with Crippen LogP contribution in [0.15, 0.2) is 28.7 Å². The zero-order valence-corrected chi connectivity index (χ0v) is 20.8. The van der Waals surface area contributed by atoms with Gasteiger partial charge in [-0.05, 0) is 38.1 Å². The average Bonchev–Trinajstić information content (AvgIpc) is 3.18. The summed E-state index contributed by atoms with van der Waals surface area (Å²) in [6.07, 6.45) is -5.52. The number of oxazole rings is 1. The highest BCUT2D eigenvalue weighted by Crippen LogP contribution is 2.52. The molecule has 1 aliphatic carbocycles. The van der Waals surface area contributed by atoms with Gasteiger partial charge in [-0.3, -0.25) is 9.59 Å². The highest BCUT2D eigenvalue weighted by Gasteiger charge is 2.76. The van der Waals surface area contributed by atoms with E-state index in [1.165, 1.54) is 37.1 Å². The first-order chi connectivity index (χ1) is 17.9. The molecule has 3 N–H and O–H groups in total. The molecule has 1 saturated carbocycles. The number of aromatic nitrogens is 2. The van der Waals surface area contributed by atoms with Crippen LogP contribution in [0.3, 0.4) is 0 Å². The van der Waals surface area contributed by atoms with Crippen LogP contribution in [-0.4, -0.2) is 69.2 Å². The van der Waals surface area contributed by atoms with Crippen molar-refractivity contribution in [2.75, 3.05) is 20.3 Å². The lowest BCUT2D eigenvalue weighted by atomic mass is 10.0.